The number of phenolic OH excluding ortho intramolecular Hbond substituents is 1. The molecule has 106 valence electrons. The van der Waals surface area contributed by atoms with E-state index in [1.807, 2.05) is 6.92 Å². The van der Waals surface area contributed by atoms with Crippen molar-refractivity contribution in [2.75, 3.05) is 6.61 Å². The van der Waals surface area contributed by atoms with Crippen LogP contribution in [0.1, 0.15) is 18.9 Å². The zero-order valence-corrected chi connectivity index (χ0v) is 12.3. The average Bonchev–Trinajstić information content (AvgIpc) is 2.70. The van der Waals surface area contributed by atoms with Crippen molar-refractivity contribution in [1.82, 2.24) is 0 Å². The molecular weight excluding hydrogens is 300 g/mol. The Morgan fingerprint density at radius 2 is 2.30 bits per heavy atom. The van der Waals surface area contributed by atoms with E-state index in [4.69, 9.17) is 22.1 Å². The summed E-state index contributed by atoms with van der Waals surface area (Å²) in [6.07, 6.45) is 2.42. The van der Waals surface area contributed by atoms with E-state index in [0.717, 1.165) is 18.2 Å². The van der Waals surface area contributed by atoms with Gasteiger partial charge in [-0.3, -0.25) is 4.79 Å². The molecule has 7 heteroatoms. The van der Waals surface area contributed by atoms with E-state index in [0.29, 0.717) is 17.1 Å². The van der Waals surface area contributed by atoms with E-state index in [1.54, 1.807) is 18.2 Å². The fourth-order valence-corrected chi connectivity index (χ4v) is 2.48. The maximum absolute atomic E-state index is 11.5. The minimum atomic E-state index is -0.382. The van der Waals surface area contributed by atoms with Crippen molar-refractivity contribution in [2.24, 2.45) is 10.7 Å². The number of nitrogens with two attached hydrogens (primary N) is 1. The van der Waals surface area contributed by atoms with E-state index in [1.165, 1.54) is 0 Å². The first-order chi connectivity index (χ1) is 9.51. The molecule has 0 aromatic heterocycles. The third-order valence-corrected chi connectivity index (χ3v) is 3.55. The number of rotatable bonds is 4. The number of hydrogen-bond donors (Lipinski definition) is 2. The van der Waals surface area contributed by atoms with Crippen LogP contribution in [0.4, 0.5) is 0 Å². The van der Waals surface area contributed by atoms with Gasteiger partial charge in [-0.25, -0.2) is 0 Å². The van der Waals surface area contributed by atoms with Crippen LogP contribution in [-0.4, -0.2) is 22.8 Å². The first kappa shape index (κ1) is 14.7. The minimum Gasteiger partial charge on any atom is -0.503 e. The third-order valence-electron chi connectivity index (χ3n) is 2.45. The number of amidine groups is 1. The summed E-state index contributed by atoms with van der Waals surface area (Å²) >= 11 is 7.04. The van der Waals surface area contributed by atoms with Gasteiger partial charge < -0.3 is 15.6 Å². The summed E-state index contributed by atoms with van der Waals surface area (Å²) in [4.78, 5) is 15.6. The molecule has 0 bridgehead atoms. The highest BCUT2D eigenvalue weighted by molar-refractivity contribution is 8.18. The van der Waals surface area contributed by atoms with Crippen molar-refractivity contribution < 1.29 is 14.6 Å². The summed E-state index contributed by atoms with van der Waals surface area (Å²) in [5, 5.41) is 10.2. The Balaban J connectivity index is 2.31. The fourth-order valence-electron chi connectivity index (χ4n) is 1.58. The molecule has 1 heterocycles. The lowest BCUT2D eigenvalue weighted by molar-refractivity contribution is -0.113. The van der Waals surface area contributed by atoms with E-state index in [2.05, 4.69) is 4.99 Å². The van der Waals surface area contributed by atoms with Crippen LogP contribution in [-0.2, 0) is 4.79 Å². The molecule has 0 fully saturated rings. The topological polar surface area (TPSA) is 84.9 Å². The van der Waals surface area contributed by atoms with Crippen LogP contribution in [0.2, 0.25) is 5.02 Å². The Morgan fingerprint density at radius 1 is 1.55 bits per heavy atom. The van der Waals surface area contributed by atoms with Gasteiger partial charge in [-0.2, -0.15) is 4.99 Å². The normalized spacial score (nSPS) is 16.6. The van der Waals surface area contributed by atoms with Crippen LogP contribution in [0.3, 0.4) is 0 Å². The number of benzene rings is 1. The van der Waals surface area contributed by atoms with Crippen LogP contribution >= 0.6 is 23.4 Å². The molecule has 0 saturated heterocycles. The van der Waals surface area contributed by atoms with Crippen LogP contribution in [0.5, 0.6) is 11.5 Å². The number of carbonyl (C=O) groups excluding carboxylic acids is 1. The Kier molecular flexibility index (Phi) is 4.57. The number of halogens is 1. The highest BCUT2D eigenvalue weighted by Crippen LogP contribution is 2.37. The van der Waals surface area contributed by atoms with Crippen LogP contribution in [0, 0.1) is 0 Å². The van der Waals surface area contributed by atoms with Crippen LogP contribution in [0.25, 0.3) is 6.08 Å². The second kappa shape index (κ2) is 6.19. The van der Waals surface area contributed by atoms with E-state index in [9.17, 15) is 9.90 Å². The summed E-state index contributed by atoms with van der Waals surface area (Å²) in [5.41, 5.74) is 6.12. The van der Waals surface area contributed by atoms with Gasteiger partial charge >= 0.3 is 0 Å². The number of hydrogen-bond acceptors (Lipinski definition) is 5. The number of ether oxygens (including phenoxy) is 1. The van der Waals surface area contributed by atoms with Gasteiger partial charge in [0, 0.05) is 0 Å². The second-order valence-corrected chi connectivity index (χ2v) is 5.53. The number of carbonyl (C=O) groups is 1. The summed E-state index contributed by atoms with van der Waals surface area (Å²) in [6.45, 7) is 2.42. The summed E-state index contributed by atoms with van der Waals surface area (Å²) < 4.78 is 5.41. The summed E-state index contributed by atoms with van der Waals surface area (Å²) in [5.74, 6) is -0.202. The highest BCUT2D eigenvalue weighted by atomic mass is 35.5. The zero-order chi connectivity index (χ0) is 14.7. The molecule has 1 aliphatic rings. The molecule has 0 atom stereocenters. The van der Waals surface area contributed by atoms with Crippen molar-refractivity contribution in [3.05, 3.63) is 27.6 Å². The summed E-state index contributed by atoms with van der Waals surface area (Å²) in [7, 11) is 0. The third kappa shape index (κ3) is 3.26. The lowest BCUT2D eigenvalue weighted by Gasteiger charge is -2.09. The SMILES string of the molecule is CCCOc1cc(C=C2SC(N)=NC2=O)cc(Cl)c1O. The first-order valence-corrected chi connectivity index (χ1v) is 7.14. The van der Waals surface area contributed by atoms with Gasteiger partial charge in [0.05, 0.1) is 16.5 Å². The molecule has 0 saturated carbocycles. The number of aliphatic imine (C=N–C) groups is 1. The fraction of sp³-hybridized carbons (Fsp3) is 0.231. The van der Waals surface area contributed by atoms with Gasteiger partial charge in [-0.05, 0) is 42.0 Å². The van der Waals surface area contributed by atoms with E-state index >= 15 is 0 Å². The van der Waals surface area contributed by atoms with Crippen molar-refractivity contribution in [3.8, 4) is 11.5 Å². The molecule has 0 spiro atoms. The Bertz CT molecular complexity index is 614. The monoisotopic (exact) mass is 312 g/mol. The van der Waals surface area contributed by atoms with Crippen molar-refractivity contribution in [2.45, 2.75) is 13.3 Å². The molecule has 0 unspecified atom stereocenters. The number of thioether (sulfide) groups is 1. The molecule has 20 heavy (non-hydrogen) atoms. The van der Waals surface area contributed by atoms with Gasteiger partial charge in [0.2, 0.25) is 0 Å². The minimum absolute atomic E-state index is 0.108. The Morgan fingerprint density at radius 3 is 2.90 bits per heavy atom. The molecule has 1 amide bonds. The molecular formula is C13H13ClN2O3S. The highest BCUT2D eigenvalue weighted by Gasteiger charge is 2.20. The predicted octanol–water partition coefficient (Wildman–Crippen LogP) is 2.76. The van der Waals surface area contributed by atoms with Gasteiger partial charge in [0.25, 0.3) is 5.91 Å². The number of phenols is 1. The number of amides is 1. The van der Waals surface area contributed by atoms with E-state index < -0.39 is 0 Å². The molecule has 0 aliphatic carbocycles. The zero-order valence-electron chi connectivity index (χ0n) is 10.7. The molecule has 1 aromatic carbocycles. The smallest absolute Gasteiger partial charge is 0.286 e. The van der Waals surface area contributed by atoms with Crippen molar-refractivity contribution in [1.29, 1.82) is 0 Å². The van der Waals surface area contributed by atoms with Crippen molar-refractivity contribution in [3.63, 3.8) is 0 Å². The standard InChI is InChI=1S/C13H13ClN2O3S/c1-2-3-19-9-5-7(4-8(14)11(9)17)6-10-12(18)16-13(15)20-10/h4-6,17H,2-3H2,1H3,(H2,15,16,18). The van der Waals surface area contributed by atoms with Crippen LogP contribution in [0.15, 0.2) is 22.0 Å². The van der Waals surface area contributed by atoms with Gasteiger partial charge in [0.15, 0.2) is 16.7 Å². The molecule has 3 N–H and O–H groups in total. The quantitative estimate of drug-likeness (QED) is 0.835. The molecule has 0 radical (unpaired) electrons. The largest absolute Gasteiger partial charge is 0.503 e. The number of aromatic hydroxyl groups is 1. The molecule has 5 nitrogen and oxygen atoms in total. The lowest BCUT2D eigenvalue weighted by Crippen LogP contribution is -2.01. The maximum atomic E-state index is 11.5. The second-order valence-electron chi connectivity index (χ2n) is 4.06. The first-order valence-electron chi connectivity index (χ1n) is 5.94. The van der Waals surface area contributed by atoms with Gasteiger partial charge in [-0.15, -0.1) is 0 Å². The summed E-state index contributed by atoms with van der Waals surface area (Å²) in [6, 6.07) is 3.16. The van der Waals surface area contributed by atoms with Crippen molar-refractivity contribution >= 4 is 40.5 Å². The lowest BCUT2D eigenvalue weighted by atomic mass is 10.2. The van der Waals surface area contributed by atoms with E-state index in [-0.39, 0.29) is 27.6 Å². The van der Waals surface area contributed by atoms with Crippen LogP contribution < -0.4 is 10.5 Å². The maximum Gasteiger partial charge on any atom is 0.286 e. The predicted molar refractivity (Wildman–Crippen MR) is 81.1 cm³/mol. The van der Waals surface area contributed by atoms with Gasteiger partial charge in [0.1, 0.15) is 0 Å². The molecule has 2 rings (SSSR count). The Hall–Kier alpha value is -1.66. The average molecular weight is 313 g/mol. The number of nitrogens with zero attached hydrogens (tertiary/aromatic N) is 1. The molecule has 1 aromatic rings. The molecule has 1 aliphatic heterocycles. The van der Waals surface area contributed by atoms with Gasteiger partial charge in [-0.1, -0.05) is 18.5 Å². The Labute approximate surface area is 125 Å².